The van der Waals surface area contributed by atoms with Crippen LogP contribution in [0.15, 0.2) is 30.3 Å². The molecular weight excluding hydrogens is 332 g/mol. The molecule has 27 heavy (non-hydrogen) atoms. The summed E-state index contributed by atoms with van der Waals surface area (Å²) in [6.07, 6.45) is 20.2. The minimum absolute atomic E-state index is 0.345. The largest absolute Gasteiger partial charge is 0.481 e. The fraction of sp³-hybridized carbons (Fsp3) is 0.720. The Bertz CT molecular complexity index is 414. The van der Waals surface area contributed by atoms with Gasteiger partial charge in [0, 0.05) is 6.42 Å². The third-order valence-electron chi connectivity index (χ3n) is 4.93. The van der Waals surface area contributed by atoms with Gasteiger partial charge in [0.15, 0.2) is 0 Å². The zero-order valence-electron chi connectivity index (χ0n) is 18.1. The Balaban J connectivity index is 0.000000797. The molecule has 0 spiro atoms. The highest BCUT2D eigenvalue weighted by atomic mass is 16.4. The van der Waals surface area contributed by atoms with Crippen molar-refractivity contribution in [3.63, 3.8) is 0 Å². The van der Waals surface area contributed by atoms with E-state index in [4.69, 9.17) is 5.11 Å². The van der Waals surface area contributed by atoms with E-state index in [0.717, 1.165) is 12.8 Å². The van der Waals surface area contributed by atoms with Crippen molar-refractivity contribution in [2.24, 2.45) is 0 Å². The summed E-state index contributed by atoms with van der Waals surface area (Å²) in [4.78, 5) is 10.3. The van der Waals surface area contributed by atoms with E-state index in [-0.39, 0.29) is 0 Å². The van der Waals surface area contributed by atoms with Crippen LogP contribution in [0.1, 0.15) is 115 Å². The number of carboxylic acid groups (broad SMARTS) is 1. The Morgan fingerprint density at radius 1 is 0.667 bits per heavy atom. The van der Waals surface area contributed by atoms with Gasteiger partial charge in [0.1, 0.15) is 0 Å². The fourth-order valence-corrected chi connectivity index (χ4v) is 3.18. The van der Waals surface area contributed by atoms with E-state index >= 15 is 0 Å². The lowest BCUT2D eigenvalue weighted by atomic mass is 10.0. The van der Waals surface area contributed by atoms with Crippen molar-refractivity contribution < 1.29 is 9.90 Å². The Morgan fingerprint density at radius 2 is 1.04 bits per heavy atom. The first-order chi connectivity index (χ1) is 13.2. The van der Waals surface area contributed by atoms with Gasteiger partial charge in [-0.3, -0.25) is 4.79 Å². The average Bonchev–Trinajstić information content (AvgIpc) is 2.66. The highest BCUT2D eigenvalue weighted by Crippen LogP contribution is 2.13. The first kappa shape index (κ1) is 25.7. The summed E-state index contributed by atoms with van der Waals surface area (Å²) in [6, 6.07) is 10.3. The maximum Gasteiger partial charge on any atom is 0.303 e. The van der Waals surface area contributed by atoms with Gasteiger partial charge >= 0.3 is 5.97 Å². The number of aryl methyl sites for hydroxylation is 1. The molecule has 0 amide bonds. The molecule has 0 aliphatic heterocycles. The first-order valence-corrected chi connectivity index (χ1v) is 11.4. The number of aliphatic carboxylic acids is 1. The van der Waals surface area contributed by atoms with Crippen molar-refractivity contribution in [2.75, 3.05) is 0 Å². The van der Waals surface area contributed by atoms with Gasteiger partial charge in [0.25, 0.3) is 0 Å². The Kier molecular flexibility index (Phi) is 20.0. The second-order valence-electron chi connectivity index (χ2n) is 7.75. The van der Waals surface area contributed by atoms with Crippen LogP contribution in [0.4, 0.5) is 0 Å². The maximum atomic E-state index is 10.3. The van der Waals surface area contributed by atoms with E-state index in [0.29, 0.717) is 6.42 Å². The molecule has 0 unspecified atom stereocenters. The van der Waals surface area contributed by atoms with E-state index in [1.54, 1.807) is 0 Å². The number of unbranched alkanes of at least 4 members (excludes halogenated alkanes) is 14. The van der Waals surface area contributed by atoms with Gasteiger partial charge < -0.3 is 5.11 Å². The molecule has 0 saturated carbocycles. The number of carbonyl (C=O) groups is 1. The fourth-order valence-electron chi connectivity index (χ4n) is 3.18. The molecule has 1 aromatic rings. The minimum Gasteiger partial charge on any atom is -0.481 e. The predicted molar refractivity (Wildman–Crippen MR) is 118 cm³/mol. The van der Waals surface area contributed by atoms with E-state index in [9.17, 15) is 4.79 Å². The topological polar surface area (TPSA) is 37.3 Å². The van der Waals surface area contributed by atoms with Gasteiger partial charge in [-0.1, -0.05) is 133 Å². The molecule has 0 aromatic heterocycles. The van der Waals surface area contributed by atoms with Crippen LogP contribution in [0.25, 0.3) is 0 Å². The van der Waals surface area contributed by atoms with E-state index in [2.05, 4.69) is 26.0 Å². The zero-order valence-corrected chi connectivity index (χ0v) is 18.1. The van der Waals surface area contributed by atoms with Crippen LogP contribution in [0.3, 0.4) is 0 Å². The lowest BCUT2D eigenvalue weighted by molar-refractivity contribution is -0.137. The molecule has 0 aliphatic rings. The maximum absolute atomic E-state index is 10.3. The molecular formula is C25H44O2. The molecule has 0 aliphatic carbocycles. The number of rotatable bonds is 16. The van der Waals surface area contributed by atoms with E-state index < -0.39 is 5.97 Å². The van der Waals surface area contributed by atoms with Crippen molar-refractivity contribution in [3.8, 4) is 0 Å². The summed E-state index contributed by atoms with van der Waals surface area (Å²) in [6.45, 7) is 4.35. The summed E-state index contributed by atoms with van der Waals surface area (Å²) in [5, 5.41) is 8.52. The smallest absolute Gasteiger partial charge is 0.303 e. The van der Waals surface area contributed by atoms with Gasteiger partial charge in [-0.25, -0.2) is 0 Å². The third-order valence-corrected chi connectivity index (χ3v) is 4.93. The standard InChI is InChI=1S/C18H36O2.C7H8/c1-2-3-4-5-6-7-8-9-10-11-12-13-14-15-16-17-18(19)20;1-7-5-3-2-4-6-7/h2-17H2,1H3,(H,19,20);2-6H,1H3. The molecule has 0 radical (unpaired) electrons. The van der Waals surface area contributed by atoms with Crippen molar-refractivity contribution in [3.05, 3.63) is 35.9 Å². The molecule has 0 bridgehead atoms. The Morgan fingerprint density at radius 3 is 1.33 bits per heavy atom. The number of hydrogen-bond donors (Lipinski definition) is 1. The summed E-state index contributed by atoms with van der Waals surface area (Å²) in [7, 11) is 0. The van der Waals surface area contributed by atoms with Crippen LogP contribution in [-0.4, -0.2) is 11.1 Å². The van der Waals surface area contributed by atoms with Gasteiger partial charge in [-0.05, 0) is 13.3 Å². The van der Waals surface area contributed by atoms with Crippen molar-refractivity contribution in [1.29, 1.82) is 0 Å². The lowest BCUT2D eigenvalue weighted by Crippen LogP contribution is -1.93. The Hall–Kier alpha value is -1.31. The third kappa shape index (κ3) is 22.6. The van der Waals surface area contributed by atoms with Gasteiger partial charge in [0.2, 0.25) is 0 Å². The van der Waals surface area contributed by atoms with Crippen LogP contribution >= 0.6 is 0 Å². The van der Waals surface area contributed by atoms with E-state index in [1.165, 1.54) is 89.0 Å². The number of carboxylic acids is 1. The summed E-state index contributed by atoms with van der Waals surface area (Å²) in [5.74, 6) is -0.653. The molecule has 1 aromatic carbocycles. The van der Waals surface area contributed by atoms with Crippen molar-refractivity contribution >= 4 is 5.97 Å². The molecule has 0 atom stereocenters. The minimum atomic E-state index is -0.653. The molecule has 1 N–H and O–H groups in total. The van der Waals surface area contributed by atoms with Crippen LogP contribution in [0.2, 0.25) is 0 Å². The molecule has 156 valence electrons. The highest BCUT2D eigenvalue weighted by molar-refractivity contribution is 5.66. The van der Waals surface area contributed by atoms with Crippen molar-refractivity contribution in [1.82, 2.24) is 0 Å². The quantitative estimate of drug-likeness (QED) is 0.294. The molecule has 0 fully saturated rings. The first-order valence-electron chi connectivity index (χ1n) is 11.4. The number of benzene rings is 1. The van der Waals surface area contributed by atoms with Crippen LogP contribution in [-0.2, 0) is 4.79 Å². The second kappa shape index (κ2) is 21.0. The molecule has 2 nitrogen and oxygen atoms in total. The average molecular weight is 377 g/mol. The van der Waals surface area contributed by atoms with Crippen LogP contribution in [0, 0.1) is 6.92 Å². The van der Waals surface area contributed by atoms with Gasteiger partial charge in [-0.2, -0.15) is 0 Å². The lowest BCUT2D eigenvalue weighted by Gasteiger charge is -2.03. The SMILES string of the molecule is CCCCCCCCCCCCCCCCCC(=O)O.Cc1ccccc1. The molecule has 1 rings (SSSR count). The monoisotopic (exact) mass is 376 g/mol. The summed E-state index contributed by atoms with van der Waals surface area (Å²) in [5.41, 5.74) is 1.32. The van der Waals surface area contributed by atoms with Crippen LogP contribution in [0.5, 0.6) is 0 Å². The zero-order chi connectivity index (χ0) is 20.0. The normalized spacial score (nSPS) is 10.3. The predicted octanol–water partition coefficient (Wildman–Crippen LogP) is 8.33. The summed E-state index contributed by atoms with van der Waals surface area (Å²) < 4.78 is 0. The van der Waals surface area contributed by atoms with Crippen LogP contribution < -0.4 is 0 Å². The van der Waals surface area contributed by atoms with Gasteiger partial charge in [0.05, 0.1) is 0 Å². The van der Waals surface area contributed by atoms with E-state index in [1.807, 2.05) is 18.2 Å². The molecule has 0 saturated heterocycles. The van der Waals surface area contributed by atoms with Crippen molar-refractivity contribution in [2.45, 2.75) is 117 Å². The molecule has 2 heteroatoms. The highest BCUT2D eigenvalue weighted by Gasteiger charge is 1.97. The molecule has 0 heterocycles. The number of hydrogen-bond acceptors (Lipinski definition) is 1. The Labute approximate surface area is 168 Å². The summed E-state index contributed by atoms with van der Waals surface area (Å²) >= 11 is 0. The van der Waals surface area contributed by atoms with Gasteiger partial charge in [-0.15, -0.1) is 0 Å². The second-order valence-corrected chi connectivity index (χ2v) is 7.75.